The number of nitrogens with zero attached hydrogens (tertiary/aromatic N) is 3. The number of rotatable bonds is 4. The number of halogens is 1. The second kappa shape index (κ2) is 7.59. The van der Waals surface area contributed by atoms with Crippen LogP contribution in [-0.2, 0) is 16.6 Å². The van der Waals surface area contributed by atoms with Crippen molar-refractivity contribution in [2.45, 2.75) is 29.3 Å². The van der Waals surface area contributed by atoms with E-state index in [9.17, 15) is 14.7 Å². The Hall–Kier alpha value is -1.94. The molecule has 3 N–H and O–H groups in total. The van der Waals surface area contributed by atoms with Crippen LogP contribution < -0.4 is 22.7 Å². The summed E-state index contributed by atoms with van der Waals surface area (Å²) in [5.74, 6) is -1.41. The highest BCUT2D eigenvalue weighted by Gasteiger charge is 2.51. The van der Waals surface area contributed by atoms with Crippen LogP contribution in [0.5, 0.6) is 0 Å². The van der Waals surface area contributed by atoms with Crippen molar-refractivity contribution in [2.75, 3.05) is 0 Å². The van der Waals surface area contributed by atoms with Crippen molar-refractivity contribution in [1.29, 1.82) is 0 Å². The summed E-state index contributed by atoms with van der Waals surface area (Å²) in [6.45, 7) is 0. The lowest BCUT2D eigenvalue weighted by Crippen LogP contribution is -3.00. The number of hydrogen-bond acceptors (Lipinski definition) is 6. The Balaban J connectivity index is 0.00000210. The van der Waals surface area contributed by atoms with Crippen molar-refractivity contribution < 1.29 is 31.7 Å². The van der Waals surface area contributed by atoms with E-state index in [1.807, 2.05) is 41.5 Å². The monoisotopic (exact) mass is 424 g/mol. The molecular formula is C17H17ClN4O3S2. The third-order valence-electron chi connectivity index (χ3n) is 4.61. The van der Waals surface area contributed by atoms with Crippen LogP contribution in [0.4, 0.5) is 0 Å². The zero-order valence-corrected chi connectivity index (χ0v) is 16.7. The summed E-state index contributed by atoms with van der Waals surface area (Å²) >= 11 is 2.80. The molecule has 0 radical (unpaired) electrons. The number of fused-ring (bicyclic) bond motifs is 1. The van der Waals surface area contributed by atoms with Crippen LogP contribution in [0.2, 0.25) is 0 Å². The molecule has 142 valence electrons. The second-order valence-corrected chi connectivity index (χ2v) is 8.47. The standard InChI is InChI=1S/C17H16N4O3S2.ClH/c1-20-6-4-9(5-7-20)10-8-25-17(19-10)26-12-3-2-11-13(18)15(22)21(11)14(12)16(23)24;/h4-8,11,13H,2-3,18H2,1H3;1H/t11-,13-;/m1./s1. The predicted molar refractivity (Wildman–Crippen MR) is 97.1 cm³/mol. The van der Waals surface area contributed by atoms with Crippen LogP contribution >= 0.6 is 23.1 Å². The van der Waals surface area contributed by atoms with Gasteiger partial charge in [0, 0.05) is 28.0 Å². The van der Waals surface area contributed by atoms with Gasteiger partial charge in [-0.15, -0.1) is 11.3 Å². The number of allylic oxidation sites excluding steroid dienone is 1. The van der Waals surface area contributed by atoms with E-state index in [0.717, 1.165) is 15.6 Å². The van der Waals surface area contributed by atoms with Crippen LogP contribution in [0, 0.1) is 0 Å². The number of nitrogens with two attached hydrogens (primary N) is 1. The quantitative estimate of drug-likeness (QED) is 0.451. The van der Waals surface area contributed by atoms with Crippen LogP contribution in [0.15, 0.2) is 44.8 Å². The Morgan fingerprint density at radius 3 is 2.81 bits per heavy atom. The number of carbonyl (C=O) groups excluding carboxylic acids is 1. The molecule has 4 rings (SSSR count). The van der Waals surface area contributed by atoms with Gasteiger partial charge in [-0.25, -0.2) is 14.3 Å². The Morgan fingerprint density at radius 1 is 1.44 bits per heavy atom. The zero-order valence-electron chi connectivity index (χ0n) is 14.3. The van der Waals surface area contributed by atoms with Gasteiger partial charge >= 0.3 is 5.97 Å². The molecule has 10 heteroatoms. The molecule has 0 saturated carbocycles. The molecule has 1 saturated heterocycles. The first-order valence-electron chi connectivity index (χ1n) is 8.10. The van der Waals surface area contributed by atoms with Gasteiger partial charge in [-0.05, 0) is 12.8 Å². The Labute approximate surface area is 170 Å². The van der Waals surface area contributed by atoms with E-state index in [0.29, 0.717) is 17.7 Å². The molecule has 0 spiro atoms. The van der Waals surface area contributed by atoms with Gasteiger partial charge in [0.05, 0.1) is 11.7 Å². The first kappa shape index (κ1) is 19.8. The van der Waals surface area contributed by atoms with Crippen LogP contribution in [0.3, 0.4) is 0 Å². The number of thioether (sulfide) groups is 1. The molecule has 7 nitrogen and oxygen atoms in total. The molecule has 4 heterocycles. The average molecular weight is 425 g/mol. The Morgan fingerprint density at radius 2 is 2.15 bits per heavy atom. The summed E-state index contributed by atoms with van der Waals surface area (Å²) in [4.78, 5) is 30.3. The molecule has 1 amide bonds. The fourth-order valence-electron chi connectivity index (χ4n) is 3.22. The number of thiazole rings is 1. The maximum Gasteiger partial charge on any atom is 0.353 e. The topological polar surface area (TPSA) is 100 Å². The lowest BCUT2D eigenvalue weighted by Gasteiger charge is -2.48. The van der Waals surface area contributed by atoms with Crippen molar-refractivity contribution in [3.63, 3.8) is 0 Å². The largest absolute Gasteiger partial charge is 1.00 e. The molecule has 0 unspecified atom stereocenters. The number of hydrogen-bond donors (Lipinski definition) is 2. The van der Waals surface area contributed by atoms with E-state index in [2.05, 4.69) is 4.98 Å². The summed E-state index contributed by atoms with van der Waals surface area (Å²) < 4.78 is 2.71. The van der Waals surface area contributed by atoms with Crippen LogP contribution in [0.1, 0.15) is 12.8 Å². The normalized spacial score (nSPS) is 21.4. The highest BCUT2D eigenvalue weighted by atomic mass is 35.5. The molecular weight excluding hydrogens is 408 g/mol. The molecule has 27 heavy (non-hydrogen) atoms. The van der Waals surface area contributed by atoms with Crippen LogP contribution in [-0.4, -0.2) is 39.0 Å². The molecule has 1 fully saturated rings. The summed E-state index contributed by atoms with van der Waals surface area (Å²) in [5, 5.41) is 11.6. The van der Waals surface area contributed by atoms with Crippen LogP contribution in [0.25, 0.3) is 11.3 Å². The molecule has 0 bridgehead atoms. The molecule has 0 aliphatic carbocycles. The first-order valence-corrected chi connectivity index (χ1v) is 9.79. The number of carbonyl (C=O) groups is 2. The van der Waals surface area contributed by atoms with Gasteiger partial charge in [-0.2, -0.15) is 0 Å². The average Bonchev–Trinajstić information content (AvgIpc) is 3.09. The van der Waals surface area contributed by atoms with E-state index in [-0.39, 0.29) is 30.1 Å². The minimum Gasteiger partial charge on any atom is -1.00 e. The summed E-state index contributed by atoms with van der Waals surface area (Å²) in [6, 6.07) is 3.18. The summed E-state index contributed by atoms with van der Waals surface area (Å²) in [6.07, 6.45) is 5.17. The summed E-state index contributed by atoms with van der Waals surface area (Å²) in [5.41, 5.74) is 7.71. The zero-order chi connectivity index (χ0) is 18.4. The number of amides is 1. The van der Waals surface area contributed by atoms with Crippen molar-refractivity contribution in [3.8, 4) is 11.3 Å². The van der Waals surface area contributed by atoms with Gasteiger partial charge in [-0.3, -0.25) is 9.69 Å². The van der Waals surface area contributed by atoms with Gasteiger partial charge < -0.3 is 23.2 Å². The molecule has 0 aromatic carbocycles. The molecule has 2 aliphatic heterocycles. The van der Waals surface area contributed by atoms with Gasteiger partial charge in [0.1, 0.15) is 18.8 Å². The van der Waals surface area contributed by atoms with E-state index >= 15 is 0 Å². The number of carboxylic acid groups (broad SMARTS) is 1. The van der Waals surface area contributed by atoms with Gasteiger partial charge in [0.25, 0.3) is 0 Å². The maximum absolute atomic E-state index is 12.0. The lowest BCUT2D eigenvalue weighted by atomic mass is 9.87. The molecule has 2 atom stereocenters. The number of pyridine rings is 1. The van der Waals surface area contributed by atoms with Gasteiger partial charge in [0.15, 0.2) is 16.7 Å². The number of aliphatic carboxylic acids is 1. The highest BCUT2D eigenvalue weighted by Crippen LogP contribution is 2.43. The van der Waals surface area contributed by atoms with Gasteiger partial charge in [-0.1, -0.05) is 11.8 Å². The number of carboxylic acids is 1. The third kappa shape index (κ3) is 3.47. The molecule has 2 aromatic heterocycles. The van der Waals surface area contributed by atoms with E-state index in [1.165, 1.54) is 28.0 Å². The SMILES string of the molecule is C[n+]1ccc(-c2csc(SC3=C(C(=O)O)N4C(=O)[C@H](N)[C@H]4CC3)n2)cc1.[Cl-]. The van der Waals surface area contributed by atoms with Crippen molar-refractivity contribution in [3.05, 3.63) is 40.5 Å². The van der Waals surface area contributed by atoms with E-state index in [1.54, 1.807) is 0 Å². The van der Waals surface area contributed by atoms with Crippen molar-refractivity contribution >= 4 is 35.0 Å². The predicted octanol–water partition coefficient (Wildman–Crippen LogP) is -1.64. The highest BCUT2D eigenvalue weighted by molar-refractivity contribution is 8.04. The summed E-state index contributed by atoms with van der Waals surface area (Å²) in [7, 11) is 1.95. The number of aromatic nitrogens is 2. The lowest BCUT2D eigenvalue weighted by molar-refractivity contribution is -0.671. The van der Waals surface area contributed by atoms with Crippen molar-refractivity contribution in [2.24, 2.45) is 12.8 Å². The first-order chi connectivity index (χ1) is 12.5. The fraction of sp³-hybridized carbons (Fsp3) is 0.294. The maximum atomic E-state index is 12.0. The smallest absolute Gasteiger partial charge is 0.353 e. The van der Waals surface area contributed by atoms with Gasteiger partial charge in [0.2, 0.25) is 5.91 Å². The number of aryl methyl sites for hydroxylation is 1. The Kier molecular flexibility index (Phi) is 5.57. The fourth-order valence-corrected chi connectivity index (χ4v) is 5.27. The molecule has 2 aliphatic rings. The second-order valence-electron chi connectivity index (χ2n) is 6.27. The van der Waals surface area contributed by atoms with E-state index < -0.39 is 12.0 Å². The Bertz CT molecular complexity index is 929. The minimum atomic E-state index is -1.09. The molecule has 2 aromatic rings. The van der Waals surface area contributed by atoms with E-state index in [4.69, 9.17) is 5.73 Å². The number of β-lactam (4-membered cyclic amide) rings is 1. The third-order valence-corrected chi connectivity index (χ3v) is 6.69. The van der Waals surface area contributed by atoms with Crippen molar-refractivity contribution in [1.82, 2.24) is 9.88 Å². The minimum absolute atomic E-state index is 0.